The van der Waals surface area contributed by atoms with Crippen LogP contribution in [0.4, 0.5) is 0 Å². The van der Waals surface area contributed by atoms with E-state index >= 15 is 0 Å². The van der Waals surface area contributed by atoms with Crippen molar-refractivity contribution in [3.8, 4) is 6.07 Å². The lowest BCUT2D eigenvalue weighted by atomic mass is 9.86. The fourth-order valence-corrected chi connectivity index (χ4v) is 3.34. The van der Waals surface area contributed by atoms with Crippen LogP contribution in [0.1, 0.15) is 33.6 Å². The molecular formula is C15H25NO2Si. The maximum atomic E-state index is 10.0. The van der Waals surface area contributed by atoms with Crippen LogP contribution in [-0.4, -0.2) is 25.6 Å². The fraction of sp³-hybridized carbons (Fsp3) is 0.667. The largest absolute Gasteiger partial charge is 0.413 e. The van der Waals surface area contributed by atoms with E-state index in [0.29, 0.717) is 18.4 Å². The van der Waals surface area contributed by atoms with Crippen LogP contribution in [0, 0.1) is 11.3 Å². The highest BCUT2D eigenvalue weighted by molar-refractivity contribution is 6.74. The summed E-state index contributed by atoms with van der Waals surface area (Å²) in [5.41, 5.74) is 1.49. The zero-order chi connectivity index (χ0) is 14.8. The number of nitrogens with zero attached hydrogens (tertiary/aromatic N) is 1. The number of hydrogen-bond donors (Lipinski definition) is 1. The standard InChI is InChI=1S/C15H25NO2Si/c1-11-12(7-8-16)9-13(10-14(11)17)18-19(5,6)15(2,3)4/h7,13-14,17H,1,9-10H2,2-6H3/b12-7-/t13-,14+/m1/s1. The Hall–Kier alpha value is -0.893. The Balaban J connectivity index is 2.85. The van der Waals surface area contributed by atoms with Crippen LogP contribution in [0.2, 0.25) is 18.1 Å². The molecule has 3 nitrogen and oxygen atoms in total. The van der Waals surface area contributed by atoms with Gasteiger partial charge in [-0.05, 0) is 35.7 Å². The van der Waals surface area contributed by atoms with Crippen LogP contribution in [-0.2, 0) is 4.43 Å². The van der Waals surface area contributed by atoms with Gasteiger partial charge in [-0.25, -0.2) is 0 Å². The average molecular weight is 279 g/mol. The average Bonchev–Trinajstić information content (AvgIpc) is 2.23. The van der Waals surface area contributed by atoms with Crippen LogP contribution in [0.15, 0.2) is 23.8 Å². The number of nitriles is 1. The second kappa shape index (κ2) is 5.62. The van der Waals surface area contributed by atoms with E-state index in [9.17, 15) is 5.11 Å². The Labute approximate surface area is 117 Å². The molecule has 0 saturated heterocycles. The summed E-state index contributed by atoms with van der Waals surface area (Å²) in [6.07, 6.45) is 2.13. The third-order valence-electron chi connectivity index (χ3n) is 4.25. The SMILES string of the molecule is C=C1/C(=C\C#N)C[C@@H](O[Si](C)(C)C(C)(C)C)C[C@@H]1O. The van der Waals surface area contributed by atoms with Crippen molar-refractivity contribution in [2.45, 2.75) is 64.0 Å². The minimum absolute atomic E-state index is 0.0130. The van der Waals surface area contributed by atoms with Crippen LogP contribution in [0.5, 0.6) is 0 Å². The zero-order valence-corrected chi connectivity index (χ0v) is 13.7. The van der Waals surface area contributed by atoms with Crippen molar-refractivity contribution in [1.82, 2.24) is 0 Å². The molecule has 1 fully saturated rings. The third kappa shape index (κ3) is 3.79. The lowest BCUT2D eigenvalue weighted by Crippen LogP contribution is -2.45. The Bertz CT molecular complexity index is 426. The van der Waals surface area contributed by atoms with Crippen LogP contribution in [0.3, 0.4) is 0 Å². The van der Waals surface area contributed by atoms with Crippen molar-refractivity contribution in [2.24, 2.45) is 0 Å². The van der Waals surface area contributed by atoms with Gasteiger partial charge in [0.25, 0.3) is 0 Å². The maximum absolute atomic E-state index is 10.0. The van der Waals surface area contributed by atoms with Gasteiger partial charge in [-0.1, -0.05) is 27.4 Å². The van der Waals surface area contributed by atoms with Gasteiger partial charge in [0.2, 0.25) is 0 Å². The first-order valence-electron chi connectivity index (χ1n) is 6.72. The Kier molecular flexibility index (Phi) is 4.78. The molecule has 19 heavy (non-hydrogen) atoms. The molecule has 0 bridgehead atoms. The van der Waals surface area contributed by atoms with Gasteiger partial charge in [0, 0.05) is 12.5 Å². The molecule has 1 N–H and O–H groups in total. The van der Waals surface area contributed by atoms with Gasteiger partial charge in [0.1, 0.15) is 0 Å². The molecule has 0 spiro atoms. The van der Waals surface area contributed by atoms with E-state index in [-0.39, 0.29) is 11.1 Å². The molecule has 4 heteroatoms. The first kappa shape index (κ1) is 16.2. The predicted octanol–water partition coefficient (Wildman–Crippen LogP) is 3.54. The van der Waals surface area contributed by atoms with Crippen molar-refractivity contribution in [1.29, 1.82) is 5.26 Å². The summed E-state index contributed by atoms with van der Waals surface area (Å²) >= 11 is 0. The van der Waals surface area contributed by atoms with Gasteiger partial charge in [0.05, 0.1) is 18.3 Å². The van der Waals surface area contributed by atoms with Gasteiger partial charge in [0.15, 0.2) is 8.32 Å². The van der Waals surface area contributed by atoms with Crippen molar-refractivity contribution in [2.75, 3.05) is 0 Å². The number of allylic oxidation sites excluding steroid dienone is 1. The molecule has 2 atom stereocenters. The Morgan fingerprint density at radius 2 is 2.05 bits per heavy atom. The second-order valence-corrected chi connectivity index (χ2v) is 11.5. The molecule has 0 aromatic carbocycles. The normalized spacial score (nSPS) is 27.4. The fourth-order valence-electron chi connectivity index (χ4n) is 1.98. The molecule has 1 saturated carbocycles. The first-order valence-corrected chi connectivity index (χ1v) is 9.63. The minimum atomic E-state index is -1.85. The monoisotopic (exact) mass is 279 g/mol. The molecule has 0 aliphatic heterocycles. The lowest BCUT2D eigenvalue weighted by Gasteiger charge is -2.41. The maximum Gasteiger partial charge on any atom is 0.192 e. The highest BCUT2D eigenvalue weighted by atomic mass is 28.4. The zero-order valence-electron chi connectivity index (χ0n) is 12.7. The van der Waals surface area contributed by atoms with E-state index in [0.717, 1.165) is 5.57 Å². The van der Waals surface area contributed by atoms with Crippen molar-refractivity contribution in [3.63, 3.8) is 0 Å². The Morgan fingerprint density at radius 3 is 2.53 bits per heavy atom. The molecular weight excluding hydrogens is 254 g/mol. The molecule has 106 valence electrons. The molecule has 0 amide bonds. The van der Waals surface area contributed by atoms with Crippen LogP contribution >= 0.6 is 0 Å². The van der Waals surface area contributed by atoms with Gasteiger partial charge >= 0.3 is 0 Å². The van der Waals surface area contributed by atoms with E-state index in [2.05, 4.69) is 40.4 Å². The predicted molar refractivity (Wildman–Crippen MR) is 80.1 cm³/mol. The summed E-state index contributed by atoms with van der Waals surface area (Å²) in [5.74, 6) is 0. The highest BCUT2D eigenvalue weighted by Crippen LogP contribution is 2.40. The van der Waals surface area contributed by atoms with Crippen LogP contribution in [0.25, 0.3) is 0 Å². The smallest absolute Gasteiger partial charge is 0.192 e. The summed E-state index contributed by atoms with van der Waals surface area (Å²) in [4.78, 5) is 0. The number of aliphatic hydroxyl groups is 1. The highest BCUT2D eigenvalue weighted by Gasteiger charge is 2.40. The summed E-state index contributed by atoms with van der Waals surface area (Å²) < 4.78 is 6.33. The summed E-state index contributed by atoms with van der Waals surface area (Å²) in [6, 6.07) is 2.02. The third-order valence-corrected chi connectivity index (χ3v) is 8.79. The molecule has 1 rings (SSSR count). The van der Waals surface area contributed by atoms with E-state index in [1.807, 2.05) is 6.07 Å². The lowest BCUT2D eigenvalue weighted by molar-refractivity contribution is 0.0924. The summed E-state index contributed by atoms with van der Waals surface area (Å²) in [5, 5.41) is 19.0. The van der Waals surface area contributed by atoms with Gasteiger partial charge in [-0.3, -0.25) is 0 Å². The molecule has 1 aliphatic carbocycles. The van der Waals surface area contributed by atoms with E-state index < -0.39 is 14.4 Å². The number of rotatable bonds is 2. The molecule has 0 aromatic heterocycles. The molecule has 0 radical (unpaired) electrons. The Morgan fingerprint density at radius 1 is 1.47 bits per heavy atom. The van der Waals surface area contributed by atoms with E-state index in [1.54, 1.807) is 0 Å². The van der Waals surface area contributed by atoms with Crippen LogP contribution < -0.4 is 0 Å². The van der Waals surface area contributed by atoms with Crippen molar-refractivity contribution >= 4 is 8.32 Å². The number of hydrogen-bond acceptors (Lipinski definition) is 3. The second-order valence-electron chi connectivity index (χ2n) is 6.78. The van der Waals surface area contributed by atoms with Gasteiger partial charge in [-0.15, -0.1) is 0 Å². The topological polar surface area (TPSA) is 53.2 Å². The van der Waals surface area contributed by atoms with Crippen molar-refractivity contribution < 1.29 is 9.53 Å². The molecule has 1 aliphatic rings. The van der Waals surface area contributed by atoms with Gasteiger partial charge < -0.3 is 9.53 Å². The number of aliphatic hydroxyl groups excluding tert-OH is 1. The van der Waals surface area contributed by atoms with Gasteiger partial charge in [-0.2, -0.15) is 5.26 Å². The first-order chi connectivity index (χ1) is 8.58. The molecule has 0 aromatic rings. The van der Waals surface area contributed by atoms with E-state index in [4.69, 9.17) is 9.69 Å². The molecule has 0 unspecified atom stereocenters. The summed E-state index contributed by atoms with van der Waals surface area (Å²) in [7, 11) is -1.85. The molecule has 0 heterocycles. The van der Waals surface area contributed by atoms with E-state index in [1.165, 1.54) is 6.08 Å². The summed E-state index contributed by atoms with van der Waals surface area (Å²) in [6.45, 7) is 14.9. The minimum Gasteiger partial charge on any atom is -0.413 e. The quantitative estimate of drug-likeness (QED) is 0.621. The van der Waals surface area contributed by atoms with Crippen molar-refractivity contribution in [3.05, 3.63) is 23.8 Å².